The Morgan fingerprint density at radius 3 is 2.17 bits per heavy atom. The average molecular weight is 350 g/mol. The Labute approximate surface area is 145 Å². The third-order valence-electron chi connectivity index (χ3n) is 5.66. The highest BCUT2D eigenvalue weighted by Crippen LogP contribution is 2.35. The van der Waals surface area contributed by atoms with Crippen LogP contribution in [0.3, 0.4) is 0 Å². The molecule has 0 atom stereocenters. The van der Waals surface area contributed by atoms with E-state index < -0.39 is 10.2 Å². The van der Waals surface area contributed by atoms with Crippen molar-refractivity contribution in [1.82, 2.24) is 13.5 Å². The zero-order valence-corrected chi connectivity index (χ0v) is 15.2. The normalized spacial score (nSPS) is 23.8. The van der Waals surface area contributed by atoms with Gasteiger partial charge in [0.05, 0.1) is 0 Å². The van der Waals surface area contributed by atoms with Crippen molar-refractivity contribution in [2.75, 3.05) is 26.7 Å². The first-order chi connectivity index (χ1) is 11.5. The van der Waals surface area contributed by atoms with Crippen LogP contribution < -0.4 is 0 Å². The summed E-state index contributed by atoms with van der Waals surface area (Å²) < 4.78 is 30.3. The van der Waals surface area contributed by atoms with Gasteiger partial charge in [0.15, 0.2) is 0 Å². The largest absolute Gasteiger partial charge is 0.306 e. The molecule has 0 N–H and O–H groups in total. The first-order valence-electron chi connectivity index (χ1n) is 9.06. The van der Waals surface area contributed by atoms with Gasteiger partial charge in [-0.25, -0.2) is 0 Å². The molecule has 1 aromatic carbocycles. The summed E-state index contributed by atoms with van der Waals surface area (Å²) in [6.45, 7) is 3.73. The Balaban J connectivity index is 1.55. The maximum Gasteiger partial charge on any atom is 0.282 e. The van der Waals surface area contributed by atoms with E-state index in [-0.39, 0.29) is 6.04 Å². The summed E-state index contributed by atoms with van der Waals surface area (Å²) in [6, 6.07) is 8.24. The molecule has 4 rings (SSSR count). The molecular formula is C18H27N3O2S. The van der Waals surface area contributed by atoms with Crippen LogP contribution in [0.4, 0.5) is 0 Å². The van der Waals surface area contributed by atoms with Crippen molar-refractivity contribution in [3.8, 4) is 0 Å². The molecule has 0 radical (unpaired) electrons. The Hall–Kier alpha value is -0.950. The summed E-state index contributed by atoms with van der Waals surface area (Å²) in [4.78, 5) is 2.30. The van der Waals surface area contributed by atoms with Crippen LogP contribution in [0, 0.1) is 5.92 Å². The Morgan fingerprint density at radius 2 is 1.62 bits per heavy atom. The highest BCUT2D eigenvalue weighted by atomic mass is 32.2. The number of benzene rings is 1. The van der Waals surface area contributed by atoms with E-state index in [4.69, 9.17) is 0 Å². The number of rotatable bonds is 5. The molecule has 0 unspecified atom stereocenters. The van der Waals surface area contributed by atoms with Crippen molar-refractivity contribution >= 4 is 10.2 Å². The van der Waals surface area contributed by atoms with Crippen LogP contribution in [0.1, 0.15) is 36.8 Å². The fourth-order valence-corrected chi connectivity index (χ4v) is 5.77. The summed E-state index contributed by atoms with van der Waals surface area (Å²) in [7, 11) is -1.27. The van der Waals surface area contributed by atoms with Gasteiger partial charge in [0.1, 0.15) is 0 Å². The highest BCUT2D eigenvalue weighted by Gasteiger charge is 2.41. The van der Waals surface area contributed by atoms with E-state index in [1.165, 1.54) is 12.8 Å². The molecule has 1 saturated heterocycles. The Kier molecular flexibility index (Phi) is 4.41. The molecular weight excluding hydrogens is 322 g/mol. The molecule has 0 amide bonds. The van der Waals surface area contributed by atoms with Gasteiger partial charge < -0.3 is 4.90 Å². The van der Waals surface area contributed by atoms with E-state index in [1.807, 2.05) is 28.6 Å². The van der Waals surface area contributed by atoms with Crippen molar-refractivity contribution in [1.29, 1.82) is 0 Å². The van der Waals surface area contributed by atoms with Crippen molar-refractivity contribution in [2.24, 2.45) is 5.92 Å². The summed E-state index contributed by atoms with van der Waals surface area (Å²) >= 11 is 0. The topological polar surface area (TPSA) is 43.9 Å². The molecule has 0 bridgehead atoms. The maximum absolute atomic E-state index is 13.4. The molecule has 2 heterocycles. The zero-order valence-electron chi connectivity index (χ0n) is 14.4. The van der Waals surface area contributed by atoms with E-state index in [2.05, 4.69) is 11.9 Å². The standard InChI is InChI=1S/C18H27N3O2S/c1-19-10-8-18(9-11-19)21(12-15-6-7-15)24(22,23)20-13-16-4-2-3-5-17(16)14-20/h2-5,15,18H,6-14H2,1H3. The summed E-state index contributed by atoms with van der Waals surface area (Å²) in [5.41, 5.74) is 2.30. The number of fused-ring (bicyclic) bond motifs is 1. The van der Waals surface area contributed by atoms with E-state index in [1.54, 1.807) is 4.31 Å². The van der Waals surface area contributed by atoms with Crippen LogP contribution in [-0.4, -0.2) is 54.7 Å². The molecule has 6 heteroatoms. The fourth-order valence-electron chi connectivity index (χ4n) is 3.88. The molecule has 2 aliphatic heterocycles. The summed E-state index contributed by atoms with van der Waals surface area (Å²) in [5, 5.41) is 0. The molecule has 3 aliphatic rings. The van der Waals surface area contributed by atoms with Crippen LogP contribution >= 0.6 is 0 Å². The van der Waals surface area contributed by atoms with Crippen LogP contribution in [0.25, 0.3) is 0 Å². The number of hydrogen-bond acceptors (Lipinski definition) is 3. The Bertz CT molecular complexity index is 669. The van der Waals surface area contributed by atoms with Crippen LogP contribution in [0.5, 0.6) is 0 Å². The molecule has 1 aliphatic carbocycles. The lowest BCUT2D eigenvalue weighted by molar-refractivity contribution is 0.171. The summed E-state index contributed by atoms with van der Waals surface area (Å²) in [6.07, 6.45) is 4.25. The Morgan fingerprint density at radius 1 is 1.04 bits per heavy atom. The molecule has 0 spiro atoms. The predicted molar refractivity (Wildman–Crippen MR) is 94.6 cm³/mol. The molecule has 24 heavy (non-hydrogen) atoms. The molecule has 0 aromatic heterocycles. The van der Waals surface area contributed by atoms with Crippen LogP contribution in [-0.2, 0) is 23.3 Å². The number of hydrogen-bond donors (Lipinski definition) is 0. The third-order valence-corrected chi connectivity index (χ3v) is 7.62. The van der Waals surface area contributed by atoms with E-state index in [0.717, 1.165) is 37.1 Å². The number of nitrogens with zero attached hydrogens (tertiary/aromatic N) is 3. The van der Waals surface area contributed by atoms with Gasteiger partial charge in [-0.05, 0) is 62.9 Å². The smallest absolute Gasteiger partial charge is 0.282 e. The minimum Gasteiger partial charge on any atom is -0.306 e. The lowest BCUT2D eigenvalue weighted by Crippen LogP contribution is -2.51. The zero-order chi connectivity index (χ0) is 16.7. The lowest BCUT2D eigenvalue weighted by Gasteiger charge is -2.38. The molecule has 1 aromatic rings. The quantitative estimate of drug-likeness (QED) is 0.817. The first-order valence-corrected chi connectivity index (χ1v) is 10.5. The van der Waals surface area contributed by atoms with Gasteiger partial charge in [0, 0.05) is 25.7 Å². The van der Waals surface area contributed by atoms with E-state index in [9.17, 15) is 8.42 Å². The highest BCUT2D eigenvalue weighted by molar-refractivity contribution is 7.86. The fraction of sp³-hybridized carbons (Fsp3) is 0.667. The van der Waals surface area contributed by atoms with Crippen molar-refractivity contribution in [2.45, 2.75) is 44.8 Å². The second-order valence-corrected chi connectivity index (χ2v) is 9.47. The van der Waals surface area contributed by atoms with Crippen molar-refractivity contribution in [3.05, 3.63) is 35.4 Å². The second kappa shape index (κ2) is 6.41. The monoisotopic (exact) mass is 349 g/mol. The van der Waals surface area contributed by atoms with Gasteiger partial charge in [-0.2, -0.15) is 17.0 Å². The predicted octanol–water partition coefficient (Wildman–Crippen LogP) is 2.05. The molecule has 1 saturated carbocycles. The van der Waals surface area contributed by atoms with Gasteiger partial charge in [-0.15, -0.1) is 0 Å². The lowest BCUT2D eigenvalue weighted by atomic mass is 10.1. The van der Waals surface area contributed by atoms with Crippen molar-refractivity contribution in [3.63, 3.8) is 0 Å². The van der Waals surface area contributed by atoms with Gasteiger partial charge in [-0.1, -0.05) is 24.3 Å². The number of likely N-dealkylation sites (tertiary alicyclic amines) is 1. The average Bonchev–Trinajstić information content (AvgIpc) is 3.28. The van der Waals surface area contributed by atoms with Gasteiger partial charge in [-0.3, -0.25) is 0 Å². The molecule has 2 fully saturated rings. The summed E-state index contributed by atoms with van der Waals surface area (Å²) in [5.74, 6) is 0.574. The van der Waals surface area contributed by atoms with Gasteiger partial charge in [0.25, 0.3) is 10.2 Å². The minimum absolute atomic E-state index is 0.163. The van der Waals surface area contributed by atoms with Crippen LogP contribution in [0.2, 0.25) is 0 Å². The number of piperidine rings is 1. The maximum atomic E-state index is 13.4. The second-order valence-electron chi connectivity index (χ2n) is 7.59. The molecule has 5 nitrogen and oxygen atoms in total. The SMILES string of the molecule is CN1CCC(N(CC2CC2)S(=O)(=O)N2Cc3ccccc3C2)CC1. The van der Waals surface area contributed by atoms with Gasteiger partial charge in [0.2, 0.25) is 0 Å². The third kappa shape index (κ3) is 3.25. The van der Waals surface area contributed by atoms with E-state index in [0.29, 0.717) is 25.6 Å². The van der Waals surface area contributed by atoms with Crippen LogP contribution in [0.15, 0.2) is 24.3 Å². The minimum atomic E-state index is -3.39. The molecule has 132 valence electrons. The van der Waals surface area contributed by atoms with E-state index >= 15 is 0 Å². The van der Waals surface area contributed by atoms with Crippen molar-refractivity contribution < 1.29 is 8.42 Å². The first kappa shape index (κ1) is 16.5. The van der Waals surface area contributed by atoms with Gasteiger partial charge >= 0.3 is 0 Å².